The van der Waals surface area contributed by atoms with Crippen molar-refractivity contribution >= 4 is 5.91 Å². The van der Waals surface area contributed by atoms with E-state index in [2.05, 4.69) is 47.8 Å². The Bertz CT molecular complexity index is 744. The normalized spacial score (nSPS) is 20.9. The van der Waals surface area contributed by atoms with Crippen molar-refractivity contribution in [3.05, 3.63) is 71.8 Å². The number of rotatable bonds is 5. The van der Waals surface area contributed by atoms with Crippen LogP contribution in [0, 0.1) is 0 Å². The Morgan fingerprint density at radius 3 is 1.96 bits per heavy atom. The van der Waals surface area contributed by atoms with Crippen LogP contribution < -0.4 is 5.32 Å². The molecule has 27 heavy (non-hydrogen) atoms. The highest BCUT2D eigenvalue weighted by atomic mass is 16.5. The summed E-state index contributed by atoms with van der Waals surface area (Å²) in [5.41, 5.74) is 2.10. The third-order valence-electron chi connectivity index (χ3n) is 6.64. The van der Waals surface area contributed by atoms with Gasteiger partial charge in [0.1, 0.15) is 0 Å². The number of hydrogen-bond donors (Lipinski definition) is 1. The maximum absolute atomic E-state index is 13.5. The van der Waals surface area contributed by atoms with Crippen LogP contribution in [0.15, 0.2) is 60.7 Å². The molecule has 4 rings (SSSR count). The molecule has 2 aliphatic rings. The molecule has 0 bridgehead atoms. The second-order valence-electron chi connectivity index (χ2n) is 8.10. The molecular formula is C24H29NO2. The van der Waals surface area contributed by atoms with Gasteiger partial charge in [-0.2, -0.15) is 0 Å². The lowest BCUT2D eigenvalue weighted by Gasteiger charge is -2.38. The van der Waals surface area contributed by atoms with Gasteiger partial charge in [0.25, 0.3) is 0 Å². The van der Waals surface area contributed by atoms with Gasteiger partial charge in [0, 0.05) is 25.2 Å². The van der Waals surface area contributed by atoms with E-state index < -0.39 is 5.41 Å². The molecule has 1 N–H and O–H groups in total. The summed E-state index contributed by atoms with van der Waals surface area (Å²) >= 11 is 0. The topological polar surface area (TPSA) is 38.3 Å². The van der Waals surface area contributed by atoms with E-state index in [0.717, 1.165) is 37.8 Å². The molecule has 3 heteroatoms. The Hall–Kier alpha value is -2.13. The van der Waals surface area contributed by atoms with Crippen molar-refractivity contribution in [1.82, 2.24) is 5.32 Å². The molecule has 3 nitrogen and oxygen atoms in total. The Morgan fingerprint density at radius 1 is 0.815 bits per heavy atom. The standard InChI is InChI=1S/C24H29NO2/c26-22(24(15-17-27-18-16-24)21-11-5-2-6-12-21)25-19-23(13-7-8-14-23)20-9-3-1-4-10-20/h1-6,9-12H,7-8,13-19H2,(H,25,26). The molecule has 0 unspecified atom stereocenters. The monoisotopic (exact) mass is 363 g/mol. The first kappa shape index (κ1) is 18.2. The van der Waals surface area contributed by atoms with Gasteiger partial charge in [0.15, 0.2) is 0 Å². The van der Waals surface area contributed by atoms with Gasteiger partial charge in [-0.3, -0.25) is 4.79 Å². The summed E-state index contributed by atoms with van der Waals surface area (Å²) in [6.07, 6.45) is 6.28. The highest BCUT2D eigenvalue weighted by Crippen LogP contribution is 2.41. The molecule has 1 aliphatic carbocycles. The molecule has 0 aromatic heterocycles. The van der Waals surface area contributed by atoms with Gasteiger partial charge < -0.3 is 10.1 Å². The van der Waals surface area contributed by atoms with Crippen LogP contribution in [0.25, 0.3) is 0 Å². The van der Waals surface area contributed by atoms with E-state index in [0.29, 0.717) is 13.2 Å². The fraction of sp³-hybridized carbons (Fsp3) is 0.458. The molecule has 1 saturated carbocycles. The minimum Gasteiger partial charge on any atom is -0.381 e. The molecule has 0 atom stereocenters. The van der Waals surface area contributed by atoms with Crippen LogP contribution in [-0.2, 0) is 20.4 Å². The first-order valence-corrected chi connectivity index (χ1v) is 10.2. The van der Waals surface area contributed by atoms with Crippen LogP contribution in [0.1, 0.15) is 49.7 Å². The zero-order valence-electron chi connectivity index (χ0n) is 16.0. The van der Waals surface area contributed by atoms with Gasteiger partial charge in [-0.1, -0.05) is 73.5 Å². The van der Waals surface area contributed by atoms with E-state index >= 15 is 0 Å². The summed E-state index contributed by atoms with van der Waals surface area (Å²) in [6, 6.07) is 21.0. The van der Waals surface area contributed by atoms with Gasteiger partial charge >= 0.3 is 0 Å². The number of amides is 1. The van der Waals surface area contributed by atoms with Crippen LogP contribution in [0.5, 0.6) is 0 Å². The molecule has 2 aromatic carbocycles. The van der Waals surface area contributed by atoms with Gasteiger partial charge in [-0.05, 0) is 36.8 Å². The van der Waals surface area contributed by atoms with Crippen molar-refractivity contribution in [3.8, 4) is 0 Å². The second-order valence-corrected chi connectivity index (χ2v) is 8.10. The first-order chi connectivity index (χ1) is 13.3. The average molecular weight is 364 g/mol. The number of ether oxygens (including phenoxy) is 1. The number of carbonyl (C=O) groups is 1. The van der Waals surface area contributed by atoms with Crippen molar-refractivity contribution in [2.75, 3.05) is 19.8 Å². The van der Waals surface area contributed by atoms with Gasteiger partial charge in [-0.15, -0.1) is 0 Å². The lowest BCUT2D eigenvalue weighted by molar-refractivity contribution is -0.130. The molecule has 2 aromatic rings. The quantitative estimate of drug-likeness (QED) is 0.857. The van der Waals surface area contributed by atoms with Crippen molar-refractivity contribution in [3.63, 3.8) is 0 Å². The van der Waals surface area contributed by atoms with Crippen LogP contribution in [0.2, 0.25) is 0 Å². The number of hydrogen-bond acceptors (Lipinski definition) is 2. The van der Waals surface area contributed by atoms with Crippen molar-refractivity contribution < 1.29 is 9.53 Å². The lowest BCUT2D eigenvalue weighted by atomic mass is 9.72. The largest absolute Gasteiger partial charge is 0.381 e. The number of nitrogens with one attached hydrogen (secondary N) is 1. The van der Waals surface area contributed by atoms with E-state index in [1.165, 1.54) is 18.4 Å². The molecular weight excluding hydrogens is 334 g/mol. The number of carbonyl (C=O) groups excluding carboxylic acids is 1. The molecule has 1 saturated heterocycles. The molecule has 0 radical (unpaired) electrons. The average Bonchev–Trinajstić information content (AvgIpc) is 3.24. The Kier molecular flexibility index (Phi) is 5.31. The van der Waals surface area contributed by atoms with E-state index in [-0.39, 0.29) is 11.3 Å². The summed E-state index contributed by atoms with van der Waals surface area (Å²) in [7, 11) is 0. The van der Waals surface area contributed by atoms with Crippen molar-refractivity contribution in [2.24, 2.45) is 0 Å². The smallest absolute Gasteiger partial charge is 0.230 e. The zero-order valence-corrected chi connectivity index (χ0v) is 16.0. The van der Waals surface area contributed by atoms with Crippen molar-refractivity contribution in [1.29, 1.82) is 0 Å². The van der Waals surface area contributed by atoms with E-state index in [1.54, 1.807) is 0 Å². The third kappa shape index (κ3) is 3.53. The van der Waals surface area contributed by atoms with E-state index in [9.17, 15) is 4.79 Å². The molecule has 1 heterocycles. The Labute approximate surface area is 162 Å². The maximum atomic E-state index is 13.5. The highest BCUT2D eigenvalue weighted by molar-refractivity contribution is 5.88. The molecule has 1 aliphatic heterocycles. The Balaban J connectivity index is 1.56. The van der Waals surface area contributed by atoms with Gasteiger partial charge in [-0.25, -0.2) is 0 Å². The minimum atomic E-state index is -0.462. The summed E-state index contributed by atoms with van der Waals surface area (Å²) in [5.74, 6) is 0.166. The van der Waals surface area contributed by atoms with Gasteiger partial charge in [0.2, 0.25) is 5.91 Å². The summed E-state index contributed by atoms with van der Waals surface area (Å²) in [5, 5.41) is 3.38. The highest BCUT2D eigenvalue weighted by Gasteiger charge is 2.43. The van der Waals surface area contributed by atoms with Crippen molar-refractivity contribution in [2.45, 2.75) is 49.4 Å². The predicted molar refractivity (Wildman–Crippen MR) is 108 cm³/mol. The SMILES string of the molecule is O=C(NCC1(c2ccccc2)CCCC1)C1(c2ccccc2)CCOCC1. The molecule has 1 amide bonds. The first-order valence-electron chi connectivity index (χ1n) is 10.2. The van der Waals surface area contributed by atoms with E-state index in [1.807, 2.05) is 18.2 Å². The molecule has 2 fully saturated rings. The summed E-state index contributed by atoms with van der Waals surface area (Å²) < 4.78 is 5.58. The van der Waals surface area contributed by atoms with Crippen LogP contribution in [0.4, 0.5) is 0 Å². The Morgan fingerprint density at radius 2 is 1.37 bits per heavy atom. The number of benzene rings is 2. The van der Waals surface area contributed by atoms with Crippen LogP contribution >= 0.6 is 0 Å². The summed E-state index contributed by atoms with van der Waals surface area (Å²) in [4.78, 5) is 13.5. The lowest BCUT2D eigenvalue weighted by Crippen LogP contribution is -2.51. The molecule has 142 valence electrons. The fourth-order valence-electron chi connectivity index (χ4n) is 4.95. The summed E-state index contributed by atoms with van der Waals surface area (Å²) in [6.45, 7) is 2.02. The minimum absolute atomic E-state index is 0.0833. The van der Waals surface area contributed by atoms with Crippen LogP contribution in [-0.4, -0.2) is 25.7 Å². The molecule has 0 spiro atoms. The second kappa shape index (κ2) is 7.85. The maximum Gasteiger partial charge on any atom is 0.230 e. The van der Waals surface area contributed by atoms with Gasteiger partial charge in [0.05, 0.1) is 5.41 Å². The zero-order chi connectivity index (χ0) is 18.6. The predicted octanol–water partition coefficient (Wildman–Crippen LogP) is 4.36. The van der Waals surface area contributed by atoms with Crippen LogP contribution in [0.3, 0.4) is 0 Å². The third-order valence-corrected chi connectivity index (χ3v) is 6.64. The van der Waals surface area contributed by atoms with E-state index in [4.69, 9.17) is 4.74 Å². The fourth-order valence-corrected chi connectivity index (χ4v) is 4.95.